The second-order valence-electron chi connectivity index (χ2n) is 5.11. The van der Waals surface area contributed by atoms with Crippen molar-refractivity contribution in [3.63, 3.8) is 0 Å². The third-order valence-electron chi connectivity index (χ3n) is 4.18. The number of H-pyrrole nitrogens is 1. The van der Waals surface area contributed by atoms with E-state index in [0.717, 1.165) is 29.8 Å². The average molecular weight is 229 g/mol. The summed E-state index contributed by atoms with van der Waals surface area (Å²) < 4.78 is 0. The minimum absolute atomic E-state index is 0.242. The first-order chi connectivity index (χ1) is 8.27. The lowest BCUT2D eigenvalue weighted by Crippen LogP contribution is -2.41. The quantitative estimate of drug-likeness (QED) is 0.849. The fraction of sp³-hybridized carbons (Fsp3) is 0.500. The van der Waals surface area contributed by atoms with Crippen molar-refractivity contribution in [3.05, 3.63) is 29.6 Å². The third kappa shape index (κ3) is 1.57. The second-order valence-corrected chi connectivity index (χ2v) is 5.11. The van der Waals surface area contributed by atoms with E-state index in [1.165, 1.54) is 24.8 Å². The van der Waals surface area contributed by atoms with Crippen LogP contribution in [-0.2, 0) is 11.8 Å². The number of aryl methyl sites for hydroxylation is 1. The van der Waals surface area contributed by atoms with Crippen LogP contribution in [0.3, 0.4) is 0 Å². The molecule has 3 heteroatoms. The molecule has 3 N–H and O–H groups in total. The molecule has 1 aromatic heterocycles. The number of hydrogen-bond acceptors (Lipinski definition) is 2. The predicted molar refractivity (Wildman–Crippen MR) is 70.1 cm³/mol. The predicted octanol–water partition coefficient (Wildman–Crippen LogP) is 2.51. The summed E-state index contributed by atoms with van der Waals surface area (Å²) in [6.45, 7) is 2.87. The van der Waals surface area contributed by atoms with Gasteiger partial charge in [0.15, 0.2) is 0 Å². The zero-order valence-electron chi connectivity index (χ0n) is 10.3. The van der Waals surface area contributed by atoms with Crippen LogP contribution in [0.15, 0.2) is 18.2 Å². The fourth-order valence-electron chi connectivity index (χ4n) is 2.77. The van der Waals surface area contributed by atoms with Crippen LogP contribution >= 0.6 is 0 Å². The molecule has 0 unspecified atom stereocenters. The van der Waals surface area contributed by atoms with Crippen molar-refractivity contribution in [2.75, 3.05) is 6.54 Å². The van der Waals surface area contributed by atoms with Gasteiger partial charge in [-0.05, 0) is 30.5 Å². The molecule has 0 spiro atoms. The molecule has 1 aromatic carbocycles. The Morgan fingerprint density at radius 3 is 2.82 bits per heavy atom. The van der Waals surface area contributed by atoms with Gasteiger partial charge in [-0.15, -0.1) is 0 Å². The Morgan fingerprint density at radius 2 is 2.24 bits per heavy atom. The van der Waals surface area contributed by atoms with Gasteiger partial charge in [-0.3, -0.25) is 0 Å². The summed E-state index contributed by atoms with van der Waals surface area (Å²) in [5, 5.41) is 0. The molecule has 3 nitrogen and oxygen atoms in total. The van der Waals surface area contributed by atoms with Crippen LogP contribution in [0.4, 0.5) is 0 Å². The van der Waals surface area contributed by atoms with Crippen LogP contribution in [0.2, 0.25) is 0 Å². The molecule has 1 fully saturated rings. The normalized spacial score (nSPS) is 18.2. The Bertz CT molecular complexity index is 532. The first-order valence-corrected chi connectivity index (χ1v) is 6.46. The maximum absolute atomic E-state index is 5.95. The van der Waals surface area contributed by atoms with Crippen molar-refractivity contribution in [2.24, 2.45) is 5.73 Å². The lowest BCUT2D eigenvalue weighted by Gasteiger charge is -2.41. The lowest BCUT2D eigenvalue weighted by molar-refractivity contribution is 0.253. The van der Waals surface area contributed by atoms with Gasteiger partial charge >= 0.3 is 0 Å². The molecule has 0 aliphatic heterocycles. The van der Waals surface area contributed by atoms with Crippen molar-refractivity contribution < 1.29 is 0 Å². The van der Waals surface area contributed by atoms with Gasteiger partial charge in [-0.2, -0.15) is 0 Å². The van der Waals surface area contributed by atoms with E-state index >= 15 is 0 Å². The topological polar surface area (TPSA) is 54.7 Å². The summed E-state index contributed by atoms with van der Waals surface area (Å²) in [4.78, 5) is 7.92. The van der Waals surface area contributed by atoms with Crippen molar-refractivity contribution >= 4 is 11.0 Å². The van der Waals surface area contributed by atoms with E-state index in [1.54, 1.807) is 0 Å². The van der Waals surface area contributed by atoms with Crippen LogP contribution < -0.4 is 5.73 Å². The Hall–Kier alpha value is -1.35. The van der Waals surface area contributed by atoms with E-state index in [9.17, 15) is 0 Å². The summed E-state index contributed by atoms with van der Waals surface area (Å²) >= 11 is 0. The molecule has 90 valence electrons. The number of hydrogen-bond donors (Lipinski definition) is 2. The number of aromatic amines is 1. The zero-order valence-corrected chi connectivity index (χ0v) is 10.3. The Morgan fingerprint density at radius 1 is 1.41 bits per heavy atom. The molecule has 3 rings (SSSR count). The minimum atomic E-state index is 0.242. The highest BCUT2D eigenvalue weighted by molar-refractivity contribution is 5.76. The molecule has 17 heavy (non-hydrogen) atoms. The summed E-state index contributed by atoms with van der Waals surface area (Å²) in [5.41, 5.74) is 9.79. The van der Waals surface area contributed by atoms with E-state index in [0.29, 0.717) is 0 Å². The van der Waals surface area contributed by atoms with Crippen molar-refractivity contribution in [1.29, 1.82) is 0 Å². The number of aromatic nitrogens is 2. The fourth-order valence-corrected chi connectivity index (χ4v) is 2.77. The zero-order chi connectivity index (χ0) is 11.9. The lowest BCUT2D eigenvalue weighted by atomic mass is 9.64. The van der Waals surface area contributed by atoms with Crippen molar-refractivity contribution in [2.45, 2.75) is 38.0 Å². The maximum Gasteiger partial charge on any atom is 0.106 e. The molecule has 0 atom stereocenters. The summed E-state index contributed by atoms with van der Waals surface area (Å²) in [5.74, 6) is 1.06. The van der Waals surface area contributed by atoms with Gasteiger partial charge in [0.1, 0.15) is 5.82 Å². The van der Waals surface area contributed by atoms with Gasteiger partial charge in [-0.25, -0.2) is 4.98 Å². The molecular weight excluding hydrogens is 210 g/mol. The first-order valence-electron chi connectivity index (χ1n) is 6.46. The smallest absolute Gasteiger partial charge is 0.106 e. The Balaban J connectivity index is 2.06. The van der Waals surface area contributed by atoms with Gasteiger partial charge < -0.3 is 10.7 Å². The highest BCUT2D eigenvalue weighted by atomic mass is 14.9. The number of rotatable bonds is 3. The first kappa shape index (κ1) is 10.8. The standard InChI is InChI=1S/C14H19N3/c1-2-13-16-11-5-4-10(8-12(11)17-13)14(9-15)6-3-7-14/h4-5,8H,2-3,6-7,9,15H2,1H3,(H,16,17). The maximum atomic E-state index is 5.95. The molecule has 0 bridgehead atoms. The Kier molecular flexibility index (Phi) is 2.44. The molecule has 0 amide bonds. The molecule has 1 aliphatic carbocycles. The average Bonchev–Trinajstić information content (AvgIpc) is 2.70. The van der Waals surface area contributed by atoms with Crippen LogP contribution in [-0.4, -0.2) is 16.5 Å². The van der Waals surface area contributed by atoms with Gasteiger partial charge in [0, 0.05) is 18.4 Å². The van der Waals surface area contributed by atoms with Gasteiger partial charge in [0.05, 0.1) is 11.0 Å². The van der Waals surface area contributed by atoms with E-state index in [-0.39, 0.29) is 5.41 Å². The molecule has 0 saturated heterocycles. The molecule has 1 aliphatic rings. The van der Waals surface area contributed by atoms with Crippen LogP contribution in [0.1, 0.15) is 37.6 Å². The van der Waals surface area contributed by atoms with Crippen molar-refractivity contribution in [1.82, 2.24) is 9.97 Å². The van der Waals surface area contributed by atoms with E-state index in [1.807, 2.05) is 0 Å². The van der Waals surface area contributed by atoms with Gasteiger partial charge in [-0.1, -0.05) is 19.4 Å². The number of nitrogens with one attached hydrogen (secondary N) is 1. The molecular formula is C14H19N3. The largest absolute Gasteiger partial charge is 0.342 e. The van der Waals surface area contributed by atoms with Crippen molar-refractivity contribution in [3.8, 4) is 0 Å². The number of imidazole rings is 1. The monoisotopic (exact) mass is 229 g/mol. The molecule has 1 saturated carbocycles. The molecule has 2 aromatic rings. The minimum Gasteiger partial charge on any atom is -0.342 e. The SMILES string of the molecule is CCc1nc2ccc(C3(CN)CCC3)cc2[nH]1. The van der Waals surface area contributed by atoms with E-state index in [2.05, 4.69) is 35.1 Å². The number of nitrogens with two attached hydrogens (primary N) is 1. The molecule has 1 heterocycles. The highest BCUT2D eigenvalue weighted by Gasteiger charge is 2.37. The van der Waals surface area contributed by atoms with Crippen LogP contribution in [0, 0.1) is 0 Å². The van der Waals surface area contributed by atoms with Gasteiger partial charge in [0.2, 0.25) is 0 Å². The van der Waals surface area contributed by atoms with E-state index < -0.39 is 0 Å². The third-order valence-corrected chi connectivity index (χ3v) is 4.18. The second kappa shape index (κ2) is 3.84. The van der Waals surface area contributed by atoms with E-state index in [4.69, 9.17) is 5.73 Å². The van der Waals surface area contributed by atoms with Gasteiger partial charge in [0.25, 0.3) is 0 Å². The van der Waals surface area contributed by atoms with Crippen LogP contribution in [0.5, 0.6) is 0 Å². The highest BCUT2D eigenvalue weighted by Crippen LogP contribution is 2.43. The summed E-state index contributed by atoms with van der Waals surface area (Å²) in [6.07, 6.45) is 4.71. The molecule has 0 radical (unpaired) electrons. The Labute approximate surface area is 101 Å². The summed E-state index contributed by atoms with van der Waals surface area (Å²) in [6, 6.07) is 6.57. The van der Waals surface area contributed by atoms with Crippen LogP contribution in [0.25, 0.3) is 11.0 Å². The number of nitrogens with zero attached hydrogens (tertiary/aromatic N) is 1. The summed E-state index contributed by atoms with van der Waals surface area (Å²) in [7, 11) is 0. The number of fused-ring (bicyclic) bond motifs is 1. The number of benzene rings is 1.